The number of para-hydroxylation sites is 1. The van der Waals surface area contributed by atoms with Crippen molar-refractivity contribution in [2.45, 2.75) is 45.5 Å². The van der Waals surface area contributed by atoms with Gasteiger partial charge in [-0.25, -0.2) is 0 Å². The first-order chi connectivity index (χ1) is 13.6. The number of alkyl halides is 3. The molecule has 8 heteroatoms. The molecule has 0 spiro atoms. The predicted molar refractivity (Wildman–Crippen MR) is 104 cm³/mol. The van der Waals surface area contributed by atoms with Crippen molar-refractivity contribution in [3.05, 3.63) is 59.7 Å². The third-order valence-electron chi connectivity index (χ3n) is 4.12. The molecule has 0 saturated carbocycles. The zero-order chi connectivity index (χ0) is 21.6. The van der Waals surface area contributed by atoms with Crippen LogP contribution in [0, 0.1) is 0 Å². The van der Waals surface area contributed by atoms with E-state index in [2.05, 4.69) is 5.32 Å². The van der Waals surface area contributed by atoms with Gasteiger partial charge in [-0.15, -0.1) is 0 Å². The molecule has 0 fully saturated rings. The van der Waals surface area contributed by atoms with E-state index in [0.29, 0.717) is 11.3 Å². The summed E-state index contributed by atoms with van der Waals surface area (Å²) in [6.45, 7) is 5.75. The molecular formula is C21H23F3N2O3. The molecule has 0 radical (unpaired) electrons. The highest BCUT2D eigenvalue weighted by molar-refractivity contribution is 5.94. The summed E-state index contributed by atoms with van der Waals surface area (Å²) in [5.74, 6) is -1.56. The first kappa shape index (κ1) is 22.3. The van der Waals surface area contributed by atoms with Gasteiger partial charge in [0.05, 0.1) is 0 Å². The minimum atomic E-state index is -4.97. The Hall–Kier alpha value is -3.03. The highest BCUT2D eigenvalue weighted by atomic mass is 19.4. The minimum absolute atomic E-state index is 0.00534. The molecular weight excluding hydrogens is 385 g/mol. The maximum absolute atomic E-state index is 12.4. The Bertz CT molecular complexity index is 866. The Balaban J connectivity index is 1.95. The van der Waals surface area contributed by atoms with Crippen LogP contribution in [0.3, 0.4) is 0 Å². The third kappa shape index (κ3) is 6.51. The van der Waals surface area contributed by atoms with Crippen molar-refractivity contribution in [3.8, 4) is 5.75 Å². The van der Waals surface area contributed by atoms with Crippen LogP contribution in [0.1, 0.15) is 37.8 Å². The maximum Gasteiger partial charge on any atom is 0.471 e. The molecule has 2 aromatic rings. The third-order valence-corrected chi connectivity index (χ3v) is 4.12. The van der Waals surface area contributed by atoms with Gasteiger partial charge in [0.1, 0.15) is 5.75 Å². The lowest BCUT2D eigenvalue weighted by Crippen LogP contribution is -2.36. The molecule has 0 bridgehead atoms. The number of rotatable bonds is 7. The highest BCUT2D eigenvalue weighted by Crippen LogP contribution is 2.26. The summed E-state index contributed by atoms with van der Waals surface area (Å²) in [6.07, 6.45) is -5.73. The zero-order valence-corrected chi connectivity index (χ0v) is 16.3. The molecule has 2 aromatic carbocycles. The van der Waals surface area contributed by atoms with E-state index in [1.54, 1.807) is 24.4 Å². The monoisotopic (exact) mass is 408 g/mol. The van der Waals surface area contributed by atoms with Crippen molar-refractivity contribution < 1.29 is 27.5 Å². The van der Waals surface area contributed by atoms with Crippen molar-refractivity contribution in [1.82, 2.24) is 5.32 Å². The number of hydrogen-bond acceptors (Lipinski definition) is 3. The molecule has 156 valence electrons. The van der Waals surface area contributed by atoms with E-state index in [1.807, 2.05) is 32.0 Å². The number of anilines is 1. The number of hydrogen-bond donors (Lipinski definition) is 2. The molecule has 0 aromatic heterocycles. The number of carbonyl (C=O) groups is 2. The molecule has 0 saturated heterocycles. The Morgan fingerprint density at radius 1 is 1.03 bits per heavy atom. The first-order valence-electron chi connectivity index (χ1n) is 9.08. The van der Waals surface area contributed by atoms with Gasteiger partial charge in [0, 0.05) is 12.2 Å². The summed E-state index contributed by atoms with van der Waals surface area (Å²) < 4.78 is 42.8. The van der Waals surface area contributed by atoms with E-state index in [0.717, 1.165) is 5.56 Å². The van der Waals surface area contributed by atoms with E-state index >= 15 is 0 Å². The van der Waals surface area contributed by atoms with Gasteiger partial charge in [-0.2, -0.15) is 13.2 Å². The van der Waals surface area contributed by atoms with Gasteiger partial charge in [0.25, 0.3) is 5.91 Å². The second-order valence-corrected chi connectivity index (χ2v) is 6.82. The summed E-state index contributed by atoms with van der Waals surface area (Å²) in [4.78, 5) is 23.4. The molecule has 5 nitrogen and oxygen atoms in total. The second kappa shape index (κ2) is 9.45. The van der Waals surface area contributed by atoms with Crippen molar-refractivity contribution >= 4 is 17.5 Å². The minimum Gasteiger partial charge on any atom is -0.481 e. The van der Waals surface area contributed by atoms with Crippen LogP contribution in [0.25, 0.3) is 0 Å². The lowest BCUT2D eigenvalue weighted by molar-refractivity contribution is -0.167. The fraction of sp³-hybridized carbons (Fsp3) is 0.333. The fourth-order valence-electron chi connectivity index (χ4n) is 2.60. The summed E-state index contributed by atoms with van der Waals surface area (Å²) in [6, 6.07) is 13.3. The van der Waals surface area contributed by atoms with Crippen molar-refractivity contribution in [2.75, 3.05) is 5.32 Å². The normalized spacial score (nSPS) is 12.4. The molecule has 1 atom stereocenters. The topological polar surface area (TPSA) is 67.4 Å². The number of ether oxygens (including phenoxy) is 1. The summed E-state index contributed by atoms with van der Waals surface area (Å²) >= 11 is 0. The predicted octanol–water partition coefficient (Wildman–Crippen LogP) is 4.39. The Morgan fingerprint density at radius 3 is 2.38 bits per heavy atom. The van der Waals surface area contributed by atoms with Crippen molar-refractivity contribution in [1.29, 1.82) is 0 Å². The van der Waals surface area contributed by atoms with Crippen molar-refractivity contribution in [2.24, 2.45) is 0 Å². The molecule has 1 unspecified atom stereocenters. The highest BCUT2D eigenvalue weighted by Gasteiger charge is 2.38. The van der Waals surface area contributed by atoms with Gasteiger partial charge in [-0.3, -0.25) is 9.59 Å². The quantitative estimate of drug-likeness (QED) is 0.714. The standard InChI is InChI=1S/C21H23F3N2O3/c1-13(2)17-9-4-5-10-18(17)29-14(3)19(27)25-12-15-7-6-8-16(11-15)26-20(28)21(22,23)24/h4-11,13-14H,12H2,1-3H3,(H,25,27)(H,26,28). The molecule has 0 aliphatic carbocycles. The summed E-state index contributed by atoms with van der Waals surface area (Å²) in [7, 11) is 0. The van der Waals surface area contributed by atoms with E-state index in [9.17, 15) is 22.8 Å². The van der Waals surface area contributed by atoms with Crippen LogP contribution in [0.2, 0.25) is 0 Å². The van der Waals surface area contributed by atoms with Gasteiger partial charge in [0.15, 0.2) is 6.10 Å². The Labute approximate surface area is 167 Å². The SMILES string of the molecule is CC(Oc1ccccc1C(C)C)C(=O)NCc1cccc(NC(=O)C(F)(F)F)c1. The van der Waals surface area contributed by atoms with Crippen LogP contribution in [-0.2, 0) is 16.1 Å². The molecule has 2 rings (SSSR count). The van der Waals surface area contributed by atoms with Gasteiger partial charge in [-0.05, 0) is 42.2 Å². The maximum atomic E-state index is 12.4. The second-order valence-electron chi connectivity index (χ2n) is 6.82. The van der Waals surface area contributed by atoms with Crippen LogP contribution in [0.5, 0.6) is 5.75 Å². The smallest absolute Gasteiger partial charge is 0.471 e. The number of benzene rings is 2. The molecule has 29 heavy (non-hydrogen) atoms. The number of halogens is 3. The van der Waals surface area contributed by atoms with Gasteiger partial charge in [-0.1, -0.05) is 44.2 Å². The van der Waals surface area contributed by atoms with Crippen LogP contribution in [-0.4, -0.2) is 24.1 Å². The Kier molecular flexibility index (Phi) is 7.25. The lowest BCUT2D eigenvalue weighted by atomic mass is 10.0. The average molecular weight is 408 g/mol. The number of carbonyl (C=O) groups excluding carboxylic acids is 2. The van der Waals surface area contributed by atoms with E-state index in [4.69, 9.17) is 4.74 Å². The van der Waals surface area contributed by atoms with Gasteiger partial charge in [0.2, 0.25) is 0 Å². The summed E-state index contributed by atoms with van der Waals surface area (Å²) in [5.41, 5.74) is 1.52. The van der Waals surface area contributed by atoms with Crippen molar-refractivity contribution in [3.63, 3.8) is 0 Å². The Morgan fingerprint density at radius 2 is 1.72 bits per heavy atom. The number of nitrogens with one attached hydrogen (secondary N) is 2. The van der Waals surface area contributed by atoms with E-state index < -0.39 is 18.2 Å². The van der Waals surface area contributed by atoms with Crippen LogP contribution < -0.4 is 15.4 Å². The van der Waals surface area contributed by atoms with Gasteiger partial charge < -0.3 is 15.4 Å². The van der Waals surface area contributed by atoms with Crippen LogP contribution in [0.15, 0.2) is 48.5 Å². The molecule has 2 N–H and O–H groups in total. The molecule has 2 amide bonds. The molecule has 0 aliphatic rings. The number of amides is 2. The van der Waals surface area contributed by atoms with Crippen LogP contribution >= 0.6 is 0 Å². The largest absolute Gasteiger partial charge is 0.481 e. The van der Waals surface area contributed by atoms with E-state index in [-0.39, 0.29) is 24.1 Å². The van der Waals surface area contributed by atoms with E-state index in [1.165, 1.54) is 18.2 Å². The fourth-order valence-corrected chi connectivity index (χ4v) is 2.60. The first-order valence-corrected chi connectivity index (χ1v) is 9.08. The molecule has 0 aliphatic heterocycles. The van der Waals surface area contributed by atoms with Gasteiger partial charge >= 0.3 is 12.1 Å². The zero-order valence-electron chi connectivity index (χ0n) is 16.3. The summed E-state index contributed by atoms with van der Waals surface area (Å²) in [5, 5.41) is 4.46. The lowest BCUT2D eigenvalue weighted by Gasteiger charge is -2.18. The van der Waals surface area contributed by atoms with Crippen LogP contribution in [0.4, 0.5) is 18.9 Å². The average Bonchev–Trinajstić information content (AvgIpc) is 2.65. The molecule has 0 heterocycles.